The minimum absolute atomic E-state index is 0.0359. The first-order chi connectivity index (χ1) is 13.2. The molecule has 2 rings (SSSR count). The fourth-order valence-electron chi connectivity index (χ4n) is 2.61. The highest BCUT2D eigenvalue weighted by molar-refractivity contribution is 6.56. The van der Waals surface area contributed by atoms with Crippen molar-refractivity contribution in [2.75, 3.05) is 6.54 Å². The highest BCUT2D eigenvalue weighted by atomic mass is 19.1. The minimum atomic E-state index is -0.728. The average molecular weight is 402 g/mol. The van der Waals surface area contributed by atoms with Crippen LogP contribution in [0.5, 0.6) is 0 Å². The molecule has 0 aromatic heterocycles. The third-order valence-electron chi connectivity index (χ3n) is 4.86. The average Bonchev–Trinajstić information content (AvgIpc) is 2.77. The first-order valence-electron chi connectivity index (χ1n) is 9.47. The van der Waals surface area contributed by atoms with Gasteiger partial charge >= 0.3 is 13.2 Å². The highest BCUT2D eigenvalue weighted by Crippen LogP contribution is 2.38. The molecule has 0 aliphatic carbocycles. The molecular weight excluding hydrogens is 374 g/mol. The van der Waals surface area contributed by atoms with Gasteiger partial charge in [-0.05, 0) is 71.6 Å². The van der Waals surface area contributed by atoms with Gasteiger partial charge in [-0.1, -0.05) is 12.1 Å². The summed E-state index contributed by atoms with van der Waals surface area (Å²) in [5, 5.41) is 11.6. The van der Waals surface area contributed by atoms with Gasteiger partial charge in [-0.2, -0.15) is 5.26 Å². The molecule has 0 spiro atoms. The van der Waals surface area contributed by atoms with Crippen molar-refractivity contribution in [1.82, 2.24) is 5.32 Å². The molecular formula is C21H28BFN2O4. The van der Waals surface area contributed by atoms with Gasteiger partial charge in [-0.15, -0.1) is 0 Å². The van der Waals surface area contributed by atoms with Gasteiger partial charge in [0, 0.05) is 6.54 Å². The van der Waals surface area contributed by atoms with E-state index in [4.69, 9.17) is 19.3 Å². The quantitative estimate of drug-likeness (QED) is 0.763. The Morgan fingerprint density at radius 3 is 2.34 bits per heavy atom. The van der Waals surface area contributed by atoms with Crippen LogP contribution in [-0.4, -0.2) is 36.6 Å². The second-order valence-electron chi connectivity index (χ2n) is 9.01. The Bertz CT molecular complexity index is 837. The molecule has 1 aliphatic rings. The van der Waals surface area contributed by atoms with E-state index in [1.165, 1.54) is 12.1 Å². The number of nitrogens with zero attached hydrogens (tertiary/aromatic N) is 1. The summed E-state index contributed by atoms with van der Waals surface area (Å²) in [5.41, 5.74) is -0.687. The van der Waals surface area contributed by atoms with Crippen molar-refractivity contribution in [1.29, 1.82) is 5.26 Å². The molecule has 1 aromatic carbocycles. The lowest BCUT2D eigenvalue weighted by Crippen LogP contribution is -2.41. The maximum absolute atomic E-state index is 14.0. The van der Waals surface area contributed by atoms with Gasteiger partial charge in [0.2, 0.25) is 0 Å². The Hall–Kier alpha value is -2.37. The molecule has 156 valence electrons. The number of amides is 1. The summed E-state index contributed by atoms with van der Waals surface area (Å²) in [6.45, 7) is 13.1. The summed E-state index contributed by atoms with van der Waals surface area (Å²) >= 11 is 0. The Balaban J connectivity index is 2.30. The monoisotopic (exact) mass is 402 g/mol. The number of hydrogen-bond acceptors (Lipinski definition) is 5. The minimum Gasteiger partial charge on any atom is -0.444 e. The SMILES string of the molecule is CC(C)(C)OC(=O)NCC(=Cc1ccc(C#N)c(F)c1)B1OC(C)(C)C(C)(C)O1. The van der Waals surface area contributed by atoms with Crippen molar-refractivity contribution in [2.45, 2.75) is 65.3 Å². The number of halogens is 1. The Morgan fingerprint density at radius 1 is 1.28 bits per heavy atom. The normalized spacial score (nSPS) is 18.3. The number of carbonyl (C=O) groups is 1. The fraction of sp³-hybridized carbons (Fsp3) is 0.524. The number of alkyl carbamates (subject to hydrolysis) is 1. The van der Waals surface area contributed by atoms with Gasteiger partial charge in [0.1, 0.15) is 17.5 Å². The molecule has 0 radical (unpaired) electrons. The number of nitrogens with one attached hydrogen (secondary N) is 1. The van der Waals surface area contributed by atoms with E-state index in [1.807, 2.05) is 27.7 Å². The van der Waals surface area contributed by atoms with Crippen molar-refractivity contribution in [3.05, 3.63) is 40.6 Å². The van der Waals surface area contributed by atoms with E-state index in [2.05, 4.69) is 5.32 Å². The van der Waals surface area contributed by atoms with Gasteiger partial charge in [0.15, 0.2) is 0 Å². The largest absolute Gasteiger partial charge is 0.492 e. The first kappa shape index (κ1) is 22.9. The van der Waals surface area contributed by atoms with Crippen LogP contribution in [0.1, 0.15) is 59.6 Å². The molecule has 1 amide bonds. The standard InChI is InChI=1S/C21H28BFN2O4/c1-19(2,3)27-18(26)25-13-16(22-28-20(4,5)21(6,7)29-22)10-14-8-9-15(12-24)17(23)11-14/h8-11H,13H2,1-7H3,(H,25,26). The molecule has 0 saturated carbocycles. The summed E-state index contributed by atoms with van der Waals surface area (Å²) < 4.78 is 31.5. The molecule has 0 unspecified atom stereocenters. The number of nitriles is 1. The predicted molar refractivity (Wildman–Crippen MR) is 109 cm³/mol. The highest BCUT2D eigenvalue weighted by Gasteiger charge is 2.52. The lowest BCUT2D eigenvalue weighted by molar-refractivity contribution is 0.00578. The van der Waals surface area contributed by atoms with Crippen LogP contribution in [-0.2, 0) is 14.0 Å². The van der Waals surface area contributed by atoms with E-state index < -0.39 is 35.8 Å². The van der Waals surface area contributed by atoms with E-state index in [0.29, 0.717) is 11.0 Å². The zero-order chi connectivity index (χ0) is 22.0. The van der Waals surface area contributed by atoms with Crippen molar-refractivity contribution in [3.8, 4) is 6.07 Å². The lowest BCUT2D eigenvalue weighted by atomic mass is 9.77. The van der Waals surface area contributed by atoms with E-state index in [1.54, 1.807) is 39.0 Å². The molecule has 0 bridgehead atoms. The number of carbonyl (C=O) groups excluding carboxylic acids is 1. The van der Waals surface area contributed by atoms with Gasteiger partial charge in [-0.25, -0.2) is 9.18 Å². The number of benzene rings is 1. The second-order valence-corrected chi connectivity index (χ2v) is 9.01. The molecule has 1 saturated heterocycles. The van der Waals surface area contributed by atoms with Crippen LogP contribution in [0.2, 0.25) is 0 Å². The van der Waals surface area contributed by atoms with Gasteiger partial charge in [0.05, 0.1) is 16.8 Å². The third kappa shape index (κ3) is 5.81. The topological polar surface area (TPSA) is 80.6 Å². The maximum Gasteiger partial charge on any atom is 0.492 e. The molecule has 29 heavy (non-hydrogen) atoms. The molecule has 6 nitrogen and oxygen atoms in total. The molecule has 1 aromatic rings. The van der Waals surface area contributed by atoms with E-state index in [-0.39, 0.29) is 12.1 Å². The van der Waals surface area contributed by atoms with Crippen molar-refractivity contribution < 1.29 is 23.2 Å². The van der Waals surface area contributed by atoms with Crippen LogP contribution in [0.3, 0.4) is 0 Å². The fourth-order valence-corrected chi connectivity index (χ4v) is 2.61. The van der Waals surface area contributed by atoms with E-state index in [9.17, 15) is 9.18 Å². The number of rotatable bonds is 4. The Labute approximate surface area is 172 Å². The van der Waals surface area contributed by atoms with Crippen LogP contribution in [0.15, 0.2) is 23.7 Å². The zero-order valence-corrected chi connectivity index (χ0v) is 18.1. The van der Waals surface area contributed by atoms with Crippen LogP contribution in [0.25, 0.3) is 6.08 Å². The Morgan fingerprint density at radius 2 is 1.86 bits per heavy atom. The van der Waals surface area contributed by atoms with Gasteiger partial charge in [-0.3, -0.25) is 0 Å². The Kier molecular flexibility index (Phi) is 6.46. The number of ether oxygens (including phenoxy) is 1. The molecule has 8 heteroatoms. The maximum atomic E-state index is 14.0. The zero-order valence-electron chi connectivity index (χ0n) is 18.1. The van der Waals surface area contributed by atoms with Crippen molar-refractivity contribution in [3.63, 3.8) is 0 Å². The van der Waals surface area contributed by atoms with Crippen LogP contribution in [0, 0.1) is 17.1 Å². The van der Waals surface area contributed by atoms with Gasteiger partial charge in [0.25, 0.3) is 0 Å². The van der Waals surface area contributed by atoms with Crippen molar-refractivity contribution in [2.24, 2.45) is 0 Å². The predicted octanol–water partition coefficient (Wildman–Crippen LogP) is 4.24. The third-order valence-corrected chi connectivity index (χ3v) is 4.86. The summed E-state index contributed by atoms with van der Waals surface area (Å²) in [6, 6.07) is 6.09. The van der Waals surface area contributed by atoms with Crippen LogP contribution < -0.4 is 5.32 Å². The van der Waals surface area contributed by atoms with E-state index >= 15 is 0 Å². The molecule has 1 aliphatic heterocycles. The lowest BCUT2D eigenvalue weighted by Gasteiger charge is -2.32. The summed E-state index contributed by atoms with van der Waals surface area (Å²) in [5.74, 6) is -0.616. The molecule has 0 atom stereocenters. The summed E-state index contributed by atoms with van der Waals surface area (Å²) in [7, 11) is -0.728. The molecule has 1 heterocycles. The van der Waals surface area contributed by atoms with E-state index in [0.717, 1.165) is 0 Å². The van der Waals surface area contributed by atoms with Crippen molar-refractivity contribution >= 4 is 19.3 Å². The van der Waals surface area contributed by atoms with Gasteiger partial charge < -0.3 is 19.4 Å². The van der Waals surface area contributed by atoms with Crippen LogP contribution in [0.4, 0.5) is 9.18 Å². The summed E-state index contributed by atoms with van der Waals surface area (Å²) in [6.07, 6.45) is 1.11. The number of hydrogen-bond donors (Lipinski definition) is 1. The smallest absolute Gasteiger partial charge is 0.444 e. The second kappa shape index (κ2) is 8.17. The first-order valence-corrected chi connectivity index (χ1v) is 9.47. The molecule has 1 fully saturated rings. The summed E-state index contributed by atoms with van der Waals surface area (Å²) in [4.78, 5) is 12.1. The van der Waals surface area contributed by atoms with Crippen LogP contribution >= 0.6 is 0 Å². The molecule has 1 N–H and O–H groups in total.